The van der Waals surface area contributed by atoms with E-state index in [2.05, 4.69) is 27.9 Å². The second-order valence-corrected chi connectivity index (χ2v) is 6.62. The average Bonchev–Trinajstić information content (AvgIpc) is 3.07. The Bertz CT molecular complexity index is 808. The highest BCUT2D eigenvalue weighted by molar-refractivity contribution is 14.1. The maximum atomic E-state index is 12.0. The van der Waals surface area contributed by atoms with Crippen molar-refractivity contribution in [1.82, 2.24) is 5.32 Å². The molecule has 130 valence electrons. The largest absolute Gasteiger partial charge is 0.454 e. The molecule has 3 rings (SSSR count). The van der Waals surface area contributed by atoms with Crippen LogP contribution < -0.4 is 14.8 Å². The van der Waals surface area contributed by atoms with Crippen LogP contribution in [0.4, 0.5) is 0 Å². The van der Waals surface area contributed by atoms with Gasteiger partial charge in [0.15, 0.2) is 18.1 Å². The van der Waals surface area contributed by atoms with Crippen LogP contribution in [0.2, 0.25) is 0 Å². The molecule has 6 nitrogen and oxygen atoms in total. The van der Waals surface area contributed by atoms with Crippen LogP contribution in [0.3, 0.4) is 0 Å². The Balaban J connectivity index is 1.54. The van der Waals surface area contributed by atoms with E-state index in [1.807, 2.05) is 25.1 Å². The topological polar surface area (TPSA) is 73.9 Å². The van der Waals surface area contributed by atoms with E-state index >= 15 is 0 Å². The minimum Gasteiger partial charge on any atom is -0.454 e. The van der Waals surface area contributed by atoms with Gasteiger partial charge in [-0.25, -0.2) is 4.79 Å². The summed E-state index contributed by atoms with van der Waals surface area (Å²) >= 11 is 2.05. The molecule has 1 amide bonds. The zero-order valence-corrected chi connectivity index (χ0v) is 15.6. The van der Waals surface area contributed by atoms with Crippen molar-refractivity contribution in [3.8, 4) is 11.5 Å². The van der Waals surface area contributed by atoms with Gasteiger partial charge in [0.1, 0.15) is 0 Å². The molecule has 0 bridgehead atoms. The van der Waals surface area contributed by atoms with Crippen molar-refractivity contribution in [2.75, 3.05) is 13.4 Å². The van der Waals surface area contributed by atoms with E-state index in [0.29, 0.717) is 17.1 Å². The van der Waals surface area contributed by atoms with Gasteiger partial charge >= 0.3 is 5.97 Å². The number of carbonyl (C=O) groups is 2. The van der Waals surface area contributed by atoms with Crippen LogP contribution in [0.25, 0.3) is 0 Å². The Morgan fingerprint density at radius 2 is 1.96 bits per heavy atom. The lowest BCUT2D eigenvalue weighted by Crippen LogP contribution is -2.31. The predicted octanol–water partition coefficient (Wildman–Crippen LogP) is 3.05. The molecule has 1 heterocycles. The van der Waals surface area contributed by atoms with Gasteiger partial charge in [0.25, 0.3) is 5.91 Å². The summed E-state index contributed by atoms with van der Waals surface area (Å²) in [5, 5.41) is 2.79. The molecule has 0 aromatic heterocycles. The smallest absolute Gasteiger partial charge is 0.339 e. The van der Waals surface area contributed by atoms with Gasteiger partial charge in [0, 0.05) is 3.57 Å². The molecule has 0 saturated heterocycles. The van der Waals surface area contributed by atoms with Crippen molar-refractivity contribution in [3.05, 3.63) is 57.2 Å². The van der Waals surface area contributed by atoms with Gasteiger partial charge in [-0.1, -0.05) is 18.2 Å². The number of hydrogen-bond acceptors (Lipinski definition) is 5. The highest BCUT2D eigenvalue weighted by Crippen LogP contribution is 2.34. The molecule has 1 aliphatic heterocycles. The Morgan fingerprint density at radius 3 is 2.76 bits per heavy atom. The van der Waals surface area contributed by atoms with E-state index < -0.39 is 5.97 Å². The molecule has 1 N–H and O–H groups in total. The summed E-state index contributed by atoms with van der Waals surface area (Å²) in [6, 6.07) is 12.3. The quantitative estimate of drug-likeness (QED) is 0.557. The molecule has 0 saturated carbocycles. The van der Waals surface area contributed by atoms with E-state index in [0.717, 1.165) is 9.13 Å². The molecule has 0 aliphatic carbocycles. The Hall–Kier alpha value is -2.29. The zero-order chi connectivity index (χ0) is 17.8. The second kappa shape index (κ2) is 7.73. The number of fused-ring (bicyclic) bond motifs is 1. The molecular formula is C18H16INO5. The second-order valence-electron chi connectivity index (χ2n) is 5.46. The lowest BCUT2D eigenvalue weighted by Gasteiger charge is -2.15. The first kappa shape index (κ1) is 17.5. The first-order chi connectivity index (χ1) is 12.0. The standard InChI is InChI=1S/C18H16INO5/c1-11(12-6-7-15-16(8-12)25-10-24-15)20-17(21)9-23-18(22)13-4-2-3-5-14(13)19/h2-8,11H,9-10H2,1H3,(H,20,21). The summed E-state index contributed by atoms with van der Waals surface area (Å²) in [5.74, 6) is 0.456. The van der Waals surface area contributed by atoms with Crippen LogP contribution in [0.5, 0.6) is 11.5 Å². The fourth-order valence-corrected chi connectivity index (χ4v) is 2.99. The molecule has 0 spiro atoms. The number of esters is 1. The first-order valence-electron chi connectivity index (χ1n) is 7.65. The number of benzene rings is 2. The summed E-state index contributed by atoms with van der Waals surface area (Å²) in [7, 11) is 0. The van der Waals surface area contributed by atoms with Crippen LogP contribution in [0.1, 0.15) is 28.9 Å². The van der Waals surface area contributed by atoms with E-state index in [9.17, 15) is 9.59 Å². The van der Waals surface area contributed by atoms with Gasteiger partial charge in [-0.2, -0.15) is 0 Å². The fourth-order valence-electron chi connectivity index (χ4n) is 2.38. The van der Waals surface area contributed by atoms with Crippen molar-refractivity contribution in [2.45, 2.75) is 13.0 Å². The number of carbonyl (C=O) groups excluding carboxylic acids is 2. The molecule has 1 atom stereocenters. The van der Waals surface area contributed by atoms with Crippen LogP contribution in [-0.4, -0.2) is 25.3 Å². The lowest BCUT2D eigenvalue weighted by atomic mass is 10.1. The van der Waals surface area contributed by atoms with Crippen LogP contribution in [0.15, 0.2) is 42.5 Å². The third-order valence-corrected chi connectivity index (χ3v) is 4.64. The van der Waals surface area contributed by atoms with Crippen molar-refractivity contribution in [3.63, 3.8) is 0 Å². The molecule has 2 aromatic rings. The highest BCUT2D eigenvalue weighted by Gasteiger charge is 2.18. The predicted molar refractivity (Wildman–Crippen MR) is 98.6 cm³/mol. The maximum Gasteiger partial charge on any atom is 0.339 e. The van der Waals surface area contributed by atoms with Crippen molar-refractivity contribution in [1.29, 1.82) is 0 Å². The Morgan fingerprint density at radius 1 is 1.20 bits per heavy atom. The number of nitrogens with one attached hydrogen (secondary N) is 1. The fraction of sp³-hybridized carbons (Fsp3) is 0.222. The third kappa shape index (κ3) is 4.22. The Kier molecular flexibility index (Phi) is 5.42. The maximum absolute atomic E-state index is 12.0. The average molecular weight is 453 g/mol. The third-order valence-electron chi connectivity index (χ3n) is 3.70. The van der Waals surface area contributed by atoms with Crippen molar-refractivity contribution < 1.29 is 23.8 Å². The molecule has 2 aromatic carbocycles. The molecule has 1 unspecified atom stereocenters. The Labute approximate surface area is 158 Å². The summed E-state index contributed by atoms with van der Waals surface area (Å²) < 4.78 is 16.4. The minimum atomic E-state index is -0.518. The SMILES string of the molecule is CC(NC(=O)COC(=O)c1ccccc1I)c1ccc2c(c1)OCO2. The molecule has 1 aliphatic rings. The monoisotopic (exact) mass is 453 g/mol. The van der Waals surface area contributed by atoms with Crippen LogP contribution in [-0.2, 0) is 9.53 Å². The summed E-state index contributed by atoms with van der Waals surface area (Å²) in [6.07, 6.45) is 0. The molecule has 7 heteroatoms. The zero-order valence-electron chi connectivity index (χ0n) is 13.5. The van der Waals surface area contributed by atoms with Crippen LogP contribution >= 0.6 is 22.6 Å². The summed E-state index contributed by atoms with van der Waals surface area (Å²) in [6.45, 7) is 1.71. The van der Waals surface area contributed by atoms with E-state index in [1.54, 1.807) is 24.3 Å². The van der Waals surface area contributed by atoms with Gasteiger partial charge < -0.3 is 19.5 Å². The van der Waals surface area contributed by atoms with Crippen molar-refractivity contribution in [2.24, 2.45) is 0 Å². The highest BCUT2D eigenvalue weighted by atomic mass is 127. The molecule has 0 radical (unpaired) electrons. The van der Waals surface area contributed by atoms with Gasteiger partial charge in [0.05, 0.1) is 11.6 Å². The van der Waals surface area contributed by atoms with Gasteiger partial charge in [-0.3, -0.25) is 4.79 Å². The number of halogens is 1. The van der Waals surface area contributed by atoms with Gasteiger partial charge in [-0.05, 0) is 59.3 Å². The number of rotatable bonds is 5. The van der Waals surface area contributed by atoms with E-state index in [4.69, 9.17) is 14.2 Å². The lowest BCUT2D eigenvalue weighted by molar-refractivity contribution is -0.124. The normalized spacial score (nSPS) is 13.2. The van der Waals surface area contributed by atoms with E-state index in [1.165, 1.54) is 0 Å². The summed E-state index contributed by atoms with van der Waals surface area (Å²) in [5.41, 5.74) is 1.32. The molecule has 25 heavy (non-hydrogen) atoms. The number of ether oxygens (including phenoxy) is 3. The molecule has 0 fully saturated rings. The van der Waals surface area contributed by atoms with Crippen LogP contribution in [0, 0.1) is 3.57 Å². The van der Waals surface area contributed by atoms with Gasteiger partial charge in [0.2, 0.25) is 6.79 Å². The number of amides is 1. The minimum absolute atomic E-state index is 0.202. The number of hydrogen-bond donors (Lipinski definition) is 1. The van der Waals surface area contributed by atoms with Crippen molar-refractivity contribution >= 4 is 34.5 Å². The first-order valence-corrected chi connectivity index (χ1v) is 8.73. The molecular weight excluding hydrogens is 437 g/mol. The summed E-state index contributed by atoms with van der Waals surface area (Å²) in [4.78, 5) is 24.1. The van der Waals surface area contributed by atoms with Gasteiger partial charge in [-0.15, -0.1) is 0 Å². The van der Waals surface area contributed by atoms with E-state index in [-0.39, 0.29) is 25.3 Å².